The molecule has 2 saturated heterocycles. The molecule has 0 aliphatic carbocycles. The summed E-state index contributed by atoms with van der Waals surface area (Å²) in [5, 5.41) is 2.33. The number of nitrogens with zero attached hydrogens (tertiary/aromatic N) is 2. The SMILES string of the molecule is CC1(C(N)=CC(=O)C(=O)Nc2c(-c3cc(F)ccc3F)ncnc2C2CCC(F)(F)CO2)COC1. The van der Waals surface area contributed by atoms with E-state index in [9.17, 15) is 27.2 Å². The fourth-order valence-electron chi connectivity index (χ4n) is 3.72. The number of anilines is 1. The van der Waals surface area contributed by atoms with E-state index < -0.39 is 53.8 Å². The fraction of sp³-hybridized carbons (Fsp3) is 0.391. The molecule has 1 aromatic heterocycles. The first kappa shape index (κ1) is 24.7. The van der Waals surface area contributed by atoms with Crippen LogP contribution in [-0.2, 0) is 19.1 Å². The smallest absolute Gasteiger partial charge is 0.296 e. The van der Waals surface area contributed by atoms with Crippen LogP contribution >= 0.6 is 0 Å². The summed E-state index contributed by atoms with van der Waals surface area (Å²) in [6, 6.07) is 2.61. The molecule has 2 fully saturated rings. The molecule has 1 amide bonds. The molecule has 1 aromatic carbocycles. The molecule has 0 saturated carbocycles. The maximum absolute atomic E-state index is 14.6. The Bertz CT molecular complexity index is 1190. The van der Waals surface area contributed by atoms with E-state index in [-0.39, 0.29) is 48.0 Å². The summed E-state index contributed by atoms with van der Waals surface area (Å²) >= 11 is 0. The van der Waals surface area contributed by atoms with Crippen LogP contribution < -0.4 is 11.1 Å². The number of alkyl halides is 2. The lowest BCUT2D eigenvalue weighted by Crippen LogP contribution is -2.44. The highest BCUT2D eigenvalue weighted by Crippen LogP contribution is 2.40. The van der Waals surface area contributed by atoms with Gasteiger partial charge < -0.3 is 20.5 Å². The van der Waals surface area contributed by atoms with Crippen molar-refractivity contribution >= 4 is 17.4 Å². The van der Waals surface area contributed by atoms with Crippen LogP contribution in [0, 0.1) is 17.0 Å². The van der Waals surface area contributed by atoms with Gasteiger partial charge in [-0.15, -0.1) is 0 Å². The third-order valence-corrected chi connectivity index (χ3v) is 5.92. The van der Waals surface area contributed by atoms with E-state index in [1.165, 1.54) is 0 Å². The van der Waals surface area contributed by atoms with Gasteiger partial charge in [0.2, 0.25) is 5.78 Å². The van der Waals surface area contributed by atoms with Gasteiger partial charge in [0.15, 0.2) is 0 Å². The van der Waals surface area contributed by atoms with Gasteiger partial charge in [-0.25, -0.2) is 27.5 Å². The molecule has 1 unspecified atom stereocenters. The Morgan fingerprint density at radius 3 is 2.57 bits per heavy atom. The molecule has 35 heavy (non-hydrogen) atoms. The molecule has 1 atom stereocenters. The van der Waals surface area contributed by atoms with Gasteiger partial charge in [-0.05, 0) is 31.5 Å². The second-order valence-corrected chi connectivity index (χ2v) is 8.77. The second kappa shape index (κ2) is 9.34. The summed E-state index contributed by atoms with van der Waals surface area (Å²) in [6.45, 7) is 1.44. The van der Waals surface area contributed by atoms with Gasteiger partial charge in [0, 0.05) is 23.8 Å². The third kappa shape index (κ3) is 5.17. The van der Waals surface area contributed by atoms with E-state index in [1.54, 1.807) is 6.92 Å². The summed E-state index contributed by atoms with van der Waals surface area (Å²) in [6.07, 6.45) is 0.277. The zero-order valence-electron chi connectivity index (χ0n) is 18.6. The van der Waals surface area contributed by atoms with Crippen molar-refractivity contribution < 1.29 is 36.6 Å². The van der Waals surface area contributed by atoms with Crippen LogP contribution in [0.3, 0.4) is 0 Å². The summed E-state index contributed by atoms with van der Waals surface area (Å²) in [4.78, 5) is 33.4. The number of amides is 1. The molecule has 4 rings (SSSR count). The second-order valence-electron chi connectivity index (χ2n) is 8.77. The number of rotatable bonds is 6. The number of ketones is 1. The van der Waals surface area contributed by atoms with Gasteiger partial charge in [0.05, 0.1) is 30.0 Å². The number of nitrogens with one attached hydrogen (secondary N) is 1. The minimum absolute atomic E-state index is 0.0494. The molecule has 12 heteroatoms. The minimum Gasteiger partial charge on any atom is -0.401 e. The van der Waals surface area contributed by atoms with Crippen LogP contribution in [0.1, 0.15) is 31.6 Å². The molecular formula is C23H22F4N4O4. The van der Waals surface area contributed by atoms with Gasteiger partial charge in [0.25, 0.3) is 11.8 Å². The van der Waals surface area contributed by atoms with Crippen molar-refractivity contribution in [3.8, 4) is 11.3 Å². The highest BCUT2D eigenvalue weighted by atomic mass is 19.3. The van der Waals surface area contributed by atoms with Crippen molar-refractivity contribution in [2.45, 2.75) is 31.8 Å². The molecule has 0 radical (unpaired) electrons. The summed E-state index contributed by atoms with van der Waals surface area (Å²) in [5.41, 5.74) is 4.62. The molecular weight excluding hydrogens is 472 g/mol. The van der Waals surface area contributed by atoms with Gasteiger partial charge >= 0.3 is 0 Å². The monoisotopic (exact) mass is 494 g/mol. The Kier molecular flexibility index (Phi) is 6.60. The Hall–Kier alpha value is -3.38. The molecule has 2 aromatic rings. The Morgan fingerprint density at radius 2 is 1.94 bits per heavy atom. The zero-order chi connectivity index (χ0) is 25.4. The van der Waals surface area contributed by atoms with Crippen molar-refractivity contribution in [2.24, 2.45) is 11.1 Å². The molecule has 0 spiro atoms. The van der Waals surface area contributed by atoms with Crippen LogP contribution in [0.2, 0.25) is 0 Å². The van der Waals surface area contributed by atoms with Gasteiger partial charge in [-0.2, -0.15) is 0 Å². The molecule has 2 aliphatic heterocycles. The van der Waals surface area contributed by atoms with Gasteiger partial charge in [-0.3, -0.25) is 9.59 Å². The number of benzene rings is 1. The lowest BCUT2D eigenvalue weighted by molar-refractivity contribution is -0.146. The number of hydrogen-bond acceptors (Lipinski definition) is 7. The van der Waals surface area contributed by atoms with E-state index in [0.717, 1.165) is 30.6 Å². The number of nitrogens with two attached hydrogens (primary N) is 1. The lowest BCUT2D eigenvalue weighted by Gasteiger charge is -2.38. The molecule has 3 N–H and O–H groups in total. The van der Waals surface area contributed by atoms with Crippen molar-refractivity contribution in [2.75, 3.05) is 25.1 Å². The molecule has 8 nitrogen and oxygen atoms in total. The number of hydrogen-bond donors (Lipinski definition) is 2. The van der Waals surface area contributed by atoms with E-state index in [4.69, 9.17) is 15.2 Å². The number of carbonyl (C=O) groups is 2. The predicted molar refractivity (Wildman–Crippen MR) is 115 cm³/mol. The van der Waals surface area contributed by atoms with E-state index in [1.807, 2.05) is 0 Å². The van der Waals surface area contributed by atoms with Crippen molar-refractivity contribution in [1.29, 1.82) is 0 Å². The van der Waals surface area contributed by atoms with Crippen LogP contribution in [0.25, 0.3) is 11.3 Å². The average Bonchev–Trinajstić information content (AvgIpc) is 2.79. The number of aromatic nitrogens is 2. The van der Waals surface area contributed by atoms with E-state index in [2.05, 4.69) is 15.3 Å². The largest absolute Gasteiger partial charge is 0.401 e. The van der Waals surface area contributed by atoms with Crippen LogP contribution in [0.5, 0.6) is 0 Å². The van der Waals surface area contributed by atoms with Crippen LogP contribution in [-0.4, -0.2) is 47.4 Å². The summed E-state index contributed by atoms with van der Waals surface area (Å²) < 4.78 is 66.0. The summed E-state index contributed by atoms with van der Waals surface area (Å²) in [5.74, 6) is -6.87. The topological polar surface area (TPSA) is 116 Å². The Morgan fingerprint density at radius 1 is 1.20 bits per heavy atom. The molecule has 3 heterocycles. The fourth-order valence-corrected chi connectivity index (χ4v) is 3.72. The molecule has 0 bridgehead atoms. The summed E-state index contributed by atoms with van der Waals surface area (Å²) in [7, 11) is 0. The van der Waals surface area contributed by atoms with Crippen molar-refractivity contribution in [3.63, 3.8) is 0 Å². The number of ether oxygens (including phenoxy) is 2. The lowest BCUT2D eigenvalue weighted by atomic mass is 9.84. The van der Waals surface area contributed by atoms with Crippen molar-refractivity contribution in [3.05, 3.63) is 53.6 Å². The first-order chi connectivity index (χ1) is 16.5. The maximum Gasteiger partial charge on any atom is 0.296 e. The normalized spacial score (nSPS) is 21.2. The minimum atomic E-state index is -3.04. The average molecular weight is 494 g/mol. The van der Waals surface area contributed by atoms with Gasteiger partial charge in [0.1, 0.15) is 36.4 Å². The first-order valence-corrected chi connectivity index (χ1v) is 10.7. The standard InChI is InChI=1S/C23H22F4N4O4/c1-22(8-34-9-22)17(28)7-15(32)21(33)31-20-18(13-6-12(24)2-3-14(13)25)29-11-30-19(20)16-4-5-23(26,27)10-35-16/h2-3,6-7,11,16H,4-5,8-10,28H2,1H3,(H,31,33). The Labute approximate surface area is 197 Å². The van der Waals surface area contributed by atoms with Crippen LogP contribution in [0.4, 0.5) is 23.2 Å². The molecule has 2 aliphatic rings. The van der Waals surface area contributed by atoms with Gasteiger partial charge in [-0.1, -0.05) is 0 Å². The molecule has 186 valence electrons. The van der Waals surface area contributed by atoms with E-state index in [0.29, 0.717) is 0 Å². The maximum atomic E-state index is 14.6. The number of carbonyl (C=O) groups excluding carboxylic acids is 2. The number of halogens is 4. The van der Waals surface area contributed by atoms with Crippen molar-refractivity contribution in [1.82, 2.24) is 9.97 Å². The Balaban J connectivity index is 1.71. The van der Waals surface area contributed by atoms with Crippen LogP contribution in [0.15, 0.2) is 36.3 Å². The predicted octanol–water partition coefficient (Wildman–Crippen LogP) is 3.30. The highest BCUT2D eigenvalue weighted by molar-refractivity contribution is 6.45. The first-order valence-electron chi connectivity index (χ1n) is 10.7. The van der Waals surface area contributed by atoms with E-state index >= 15 is 0 Å². The highest BCUT2D eigenvalue weighted by Gasteiger charge is 2.39. The zero-order valence-corrected chi connectivity index (χ0v) is 18.6. The third-order valence-electron chi connectivity index (χ3n) is 5.92. The quantitative estimate of drug-likeness (QED) is 0.360.